The number of hydrogen-bond donors (Lipinski definition) is 2. The first kappa shape index (κ1) is 12.4. The van der Waals surface area contributed by atoms with Crippen LogP contribution >= 0.6 is 11.8 Å². The van der Waals surface area contributed by atoms with Crippen molar-refractivity contribution in [2.75, 3.05) is 6.26 Å². The monoisotopic (exact) mass is 261 g/mol. The molecular formula is C13H11NO3S. The summed E-state index contributed by atoms with van der Waals surface area (Å²) in [4.78, 5) is 15.5. The summed E-state index contributed by atoms with van der Waals surface area (Å²) in [6.45, 7) is 0. The van der Waals surface area contributed by atoms with Gasteiger partial charge in [-0.05, 0) is 24.5 Å². The zero-order valence-electron chi connectivity index (χ0n) is 9.62. The van der Waals surface area contributed by atoms with Gasteiger partial charge in [0.05, 0.1) is 10.7 Å². The Kier molecular flexibility index (Phi) is 3.53. The first-order valence-electron chi connectivity index (χ1n) is 5.20. The molecule has 4 nitrogen and oxygen atoms in total. The van der Waals surface area contributed by atoms with Gasteiger partial charge >= 0.3 is 5.97 Å². The zero-order chi connectivity index (χ0) is 13.1. The van der Waals surface area contributed by atoms with E-state index in [1.807, 2.05) is 18.4 Å². The maximum absolute atomic E-state index is 11.2. The molecule has 0 saturated carbocycles. The van der Waals surface area contributed by atoms with E-state index in [2.05, 4.69) is 4.98 Å². The molecule has 0 radical (unpaired) electrons. The molecule has 0 fully saturated rings. The van der Waals surface area contributed by atoms with Crippen molar-refractivity contribution >= 4 is 17.7 Å². The summed E-state index contributed by atoms with van der Waals surface area (Å²) in [6, 6.07) is 9.97. The third kappa shape index (κ3) is 2.31. The maximum atomic E-state index is 11.2. The number of thioether (sulfide) groups is 1. The van der Waals surface area contributed by atoms with Crippen molar-refractivity contribution in [2.24, 2.45) is 0 Å². The Morgan fingerprint density at radius 1 is 1.22 bits per heavy atom. The van der Waals surface area contributed by atoms with Gasteiger partial charge in [0.25, 0.3) is 0 Å². The van der Waals surface area contributed by atoms with Gasteiger partial charge in [0.1, 0.15) is 11.3 Å². The highest BCUT2D eigenvalue weighted by Crippen LogP contribution is 2.29. The van der Waals surface area contributed by atoms with Crippen LogP contribution in [0, 0.1) is 0 Å². The van der Waals surface area contributed by atoms with Gasteiger partial charge < -0.3 is 10.2 Å². The van der Waals surface area contributed by atoms with E-state index in [1.54, 1.807) is 18.2 Å². The van der Waals surface area contributed by atoms with Crippen LogP contribution in [0.15, 0.2) is 41.4 Å². The minimum atomic E-state index is -1.17. The largest absolute Gasteiger partial charge is 0.507 e. The van der Waals surface area contributed by atoms with Gasteiger partial charge in [-0.15, -0.1) is 11.8 Å². The third-order valence-corrected chi connectivity index (χ3v) is 3.11. The molecule has 1 aromatic heterocycles. The van der Waals surface area contributed by atoms with Crippen LogP contribution in [-0.2, 0) is 0 Å². The van der Waals surface area contributed by atoms with E-state index in [9.17, 15) is 9.90 Å². The molecule has 2 N–H and O–H groups in total. The van der Waals surface area contributed by atoms with E-state index in [0.717, 1.165) is 5.03 Å². The van der Waals surface area contributed by atoms with Gasteiger partial charge in [0, 0.05) is 5.56 Å². The van der Waals surface area contributed by atoms with Crippen molar-refractivity contribution in [3.05, 3.63) is 42.0 Å². The lowest BCUT2D eigenvalue weighted by Crippen LogP contribution is -2.01. The normalized spacial score (nSPS) is 10.3. The Morgan fingerprint density at radius 2 is 1.94 bits per heavy atom. The summed E-state index contributed by atoms with van der Waals surface area (Å²) >= 11 is 1.48. The predicted octanol–water partition coefficient (Wildman–Crippen LogP) is 2.87. The van der Waals surface area contributed by atoms with E-state index in [4.69, 9.17) is 5.11 Å². The van der Waals surface area contributed by atoms with E-state index in [1.165, 1.54) is 17.8 Å². The van der Waals surface area contributed by atoms with Crippen LogP contribution in [0.2, 0.25) is 0 Å². The van der Waals surface area contributed by atoms with Gasteiger partial charge in [0.2, 0.25) is 0 Å². The van der Waals surface area contributed by atoms with Crippen LogP contribution in [0.25, 0.3) is 11.3 Å². The van der Waals surface area contributed by atoms with Crippen LogP contribution in [0.1, 0.15) is 10.4 Å². The van der Waals surface area contributed by atoms with E-state index < -0.39 is 5.97 Å². The number of nitrogens with zero attached hydrogens (tertiary/aromatic N) is 1. The predicted molar refractivity (Wildman–Crippen MR) is 70.1 cm³/mol. The molecule has 92 valence electrons. The first-order chi connectivity index (χ1) is 8.63. The molecule has 0 unspecified atom stereocenters. The second-order valence-electron chi connectivity index (χ2n) is 3.57. The second kappa shape index (κ2) is 5.10. The van der Waals surface area contributed by atoms with Crippen molar-refractivity contribution in [2.45, 2.75) is 5.03 Å². The van der Waals surface area contributed by atoms with E-state index >= 15 is 0 Å². The lowest BCUT2D eigenvalue weighted by atomic mass is 10.0. The number of carboxylic acid groups (broad SMARTS) is 1. The number of carboxylic acids is 1. The summed E-state index contributed by atoms with van der Waals surface area (Å²) in [6.07, 6.45) is 1.90. The van der Waals surface area contributed by atoms with Crippen LogP contribution in [0.5, 0.6) is 5.75 Å². The van der Waals surface area contributed by atoms with Crippen molar-refractivity contribution in [1.29, 1.82) is 0 Å². The number of aromatic carboxylic acids is 1. The van der Waals surface area contributed by atoms with Gasteiger partial charge in [-0.2, -0.15) is 0 Å². The highest BCUT2D eigenvalue weighted by molar-refractivity contribution is 7.98. The molecule has 0 atom stereocenters. The Labute approximate surface area is 108 Å². The van der Waals surface area contributed by atoms with Crippen molar-refractivity contribution < 1.29 is 15.0 Å². The fourth-order valence-corrected chi connectivity index (χ4v) is 2.06. The van der Waals surface area contributed by atoms with Crippen LogP contribution < -0.4 is 0 Å². The average Bonchev–Trinajstić information content (AvgIpc) is 2.38. The van der Waals surface area contributed by atoms with Crippen molar-refractivity contribution in [3.8, 4) is 17.0 Å². The minimum Gasteiger partial charge on any atom is -0.507 e. The molecule has 18 heavy (non-hydrogen) atoms. The Morgan fingerprint density at radius 3 is 2.61 bits per heavy atom. The topological polar surface area (TPSA) is 70.4 Å². The number of aromatic hydroxyl groups is 1. The molecule has 0 aliphatic heterocycles. The van der Waals surface area contributed by atoms with Crippen molar-refractivity contribution in [3.63, 3.8) is 0 Å². The smallest absolute Gasteiger partial charge is 0.340 e. The first-order valence-corrected chi connectivity index (χ1v) is 6.42. The number of hydrogen-bond acceptors (Lipinski definition) is 4. The van der Waals surface area contributed by atoms with Gasteiger partial charge in [-0.3, -0.25) is 0 Å². The number of aromatic nitrogens is 1. The van der Waals surface area contributed by atoms with E-state index in [0.29, 0.717) is 11.3 Å². The zero-order valence-corrected chi connectivity index (χ0v) is 10.4. The third-order valence-electron chi connectivity index (χ3n) is 2.46. The summed E-state index contributed by atoms with van der Waals surface area (Å²) in [5.41, 5.74) is 0.830. The molecular weight excluding hydrogens is 250 g/mol. The number of benzene rings is 1. The molecule has 1 heterocycles. The summed E-state index contributed by atoms with van der Waals surface area (Å²) in [5.74, 6) is -1.42. The molecule has 5 heteroatoms. The fourth-order valence-electron chi connectivity index (χ4n) is 1.66. The van der Waals surface area contributed by atoms with Crippen LogP contribution in [-0.4, -0.2) is 27.4 Å². The molecule has 1 aromatic carbocycles. The van der Waals surface area contributed by atoms with Gasteiger partial charge in [-0.25, -0.2) is 9.78 Å². The quantitative estimate of drug-likeness (QED) is 0.831. The second-order valence-corrected chi connectivity index (χ2v) is 4.40. The minimum absolute atomic E-state index is 0.122. The number of carbonyl (C=O) groups is 1. The van der Waals surface area contributed by atoms with Crippen LogP contribution in [0.4, 0.5) is 0 Å². The summed E-state index contributed by atoms with van der Waals surface area (Å²) in [7, 11) is 0. The average molecular weight is 261 g/mol. The molecule has 0 saturated heterocycles. The van der Waals surface area contributed by atoms with Crippen molar-refractivity contribution in [1.82, 2.24) is 4.98 Å². The highest BCUT2D eigenvalue weighted by Gasteiger charge is 2.17. The molecule has 0 spiro atoms. The van der Waals surface area contributed by atoms with Crippen LogP contribution in [0.3, 0.4) is 0 Å². The lowest BCUT2D eigenvalue weighted by molar-refractivity contribution is 0.0694. The number of phenols is 1. The fraction of sp³-hybridized carbons (Fsp3) is 0.0769. The van der Waals surface area contributed by atoms with Gasteiger partial charge in [-0.1, -0.05) is 18.2 Å². The lowest BCUT2D eigenvalue weighted by Gasteiger charge is -2.08. The molecule has 0 bridgehead atoms. The molecule has 0 amide bonds. The molecule has 2 rings (SSSR count). The Balaban J connectivity index is 2.63. The van der Waals surface area contributed by atoms with E-state index in [-0.39, 0.29) is 11.3 Å². The molecule has 0 aliphatic carbocycles. The summed E-state index contributed by atoms with van der Waals surface area (Å²) in [5, 5.41) is 19.6. The highest BCUT2D eigenvalue weighted by atomic mass is 32.2. The molecule has 2 aromatic rings. The number of pyridine rings is 1. The molecule has 0 aliphatic rings. The number of rotatable bonds is 3. The van der Waals surface area contributed by atoms with Gasteiger partial charge in [0.15, 0.2) is 0 Å². The maximum Gasteiger partial charge on any atom is 0.340 e. The SMILES string of the molecule is CSc1cccc(-c2cccc(O)c2C(=O)O)n1. The summed E-state index contributed by atoms with van der Waals surface area (Å²) < 4.78 is 0. The Hall–Kier alpha value is -2.01. The Bertz CT molecular complexity index is 599. The standard InChI is InChI=1S/C13H11NO3S/c1-18-11-7-3-5-9(14-11)8-4-2-6-10(15)12(8)13(16)17/h2-7,15H,1H3,(H,16,17).